The summed E-state index contributed by atoms with van der Waals surface area (Å²) in [6, 6.07) is 13.5. The van der Waals surface area contributed by atoms with Crippen LogP contribution in [0.15, 0.2) is 48.5 Å². The number of carbonyl (C=O) groups excluding carboxylic acids is 3. The zero-order valence-electron chi connectivity index (χ0n) is 18.2. The van der Waals surface area contributed by atoms with Crippen molar-refractivity contribution in [3.05, 3.63) is 54.1 Å². The molecule has 0 bridgehead atoms. The topological polar surface area (TPSA) is 94.2 Å². The third-order valence-corrected chi connectivity index (χ3v) is 4.14. The number of ether oxygens (including phenoxy) is 3. The molecule has 0 spiro atoms. The van der Waals surface area contributed by atoms with Crippen LogP contribution >= 0.6 is 0 Å². The average Bonchev–Trinajstić information content (AvgIpc) is 2.75. The lowest BCUT2D eigenvalue weighted by atomic mass is 10.2. The molecule has 0 saturated heterocycles. The lowest BCUT2D eigenvalue weighted by Gasteiger charge is -2.17. The number of rotatable bonds is 10. The maximum atomic E-state index is 12.2. The van der Waals surface area contributed by atoms with E-state index in [0.717, 1.165) is 0 Å². The van der Waals surface area contributed by atoms with Crippen molar-refractivity contribution in [3.63, 3.8) is 0 Å². The van der Waals surface area contributed by atoms with Gasteiger partial charge in [0.2, 0.25) is 5.91 Å². The first-order chi connectivity index (χ1) is 14.8. The highest BCUT2D eigenvalue weighted by Gasteiger charge is 2.16. The maximum Gasteiger partial charge on any atom is 0.338 e. The molecule has 0 aliphatic heterocycles. The minimum atomic E-state index is -0.641. The van der Waals surface area contributed by atoms with Crippen LogP contribution < -0.4 is 14.8 Å². The van der Waals surface area contributed by atoms with Crippen molar-refractivity contribution in [2.45, 2.75) is 13.8 Å². The molecule has 0 saturated carbocycles. The van der Waals surface area contributed by atoms with E-state index in [1.165, 1.54) is 19.1 Å². The number of nitrogens with one attached hydrogen (secondary N) is 1. The monoisotopic (exact) mass is 428 g/mol. The molecule has 2 aromatic carbocycles. The third kappa shape index (κ3) is 8.00. The molecule has 0 unspecified atom stereocenters. The van der Waals surface area contributed by atoms with Crippen LogP contribution in [0.5, 0.6) is 11.5 Å². The first-order valence-corrected chi connectivity index (χ1v) is 9.86. The highest BCUT2D eigenvalue weighted by molar-refractivity contribution is 5.95. The standard InChI is InChI=1S/C23H28N2O6/c1-16(2)14-30-20-10-5-7-17(11-20)23(28)31-15-22(27)25(3)13-21(26)24-18-8-6-9-19(12-18)29-4/h5-12,16H,13-15H2,1-4H3,(H,24,26). The van der Waals surface area contributed by atoms with Crippen LogP contribution in [-0.4, -0.2) is 56.6 Å². The van der Waals surface area contributed by atoms with Gasteiger partial charge in [-0.3, -0.25) is 9.59 Å². The Bertz CT molecular complexity index is 912. The Morgan fingerprint density at radius 1 is 1.03 bits per heavy atom. The number of hydrogen-bond donors (Lipinski definition) is 1. The molecule has 2 aromatic rings. The van der Waals surface area contributed by atoms with E-state index < -0.39 is 18.5 Å². The predicted molar refractivity (Wildman–Crippen MR) is 116 cm³/mol. The van der Waals surface area contributed by atoms with Crippen molar-refractivity contribution in [2.75, 3.05) is 39.2 Å². The number of carbonyl (C=O) groups is 3. The van der Waals surface area contributed by atoms with Gasteiger partial charge in [-0.1, -0.05) is 26.0 Å². The summed E-state index contributed by atoms with van der Waals surface area (Å²) in [5.74, 6) is -0.0112. The van der Waals surface area contributed by atoms with E-state index in [1.54, 1.807) is 48.5 Å². The van der Waals surface area contributed by atoms with Gasteiger partial charge in [-0.2, -0.15) is 0 Å². The molecule has 8 heteroatoms. The van der Waals surface area contributed by atoms with Crippen molar-refractivity contribution in [1.29, 1.82) is 0 Å². The molecular formula is C23H28N2O6. The maximum absolute atomic E-state index is 12.2. The van der Waals surface area contributed by atoms with E-state index in [1.807, 2.05) is 13.8 Å². The number of amides is 2. The summed E-state index contributed by atoms with van der Waals surface area (Å²) >= 11 is 0. The molecule has 2 rings (SSSR count). The highest BCUT2D eigenvalue weighted by Crippen LogP contribution is 2.17. The number of likely N-dealkylation sites (N-methyl/N-ethyl adjacent to an activating group) is 1. The van der Waals surface area contributed by atoms with Crippen LogP contribution in [0.25, 0.3) is 0 Å². The first-order valence-electron chi connectivity index (χ1n) is 9.86. The molecular weight excluding hydrogens is 400 g/mol. The third-order valence-electron chi connectivity index (χ3n) is 4.14. The van der Waals surface area contributed by atoms with Gasteiger partial charge >= 0.3 is 5.97 Å². The van der Waals surface area contributed by atoms with Gasteiger partial charge in [0, 0.05) is 18.8 Å². The summed E-state index contributed by atoms with van der Waals surface area (Å²) in [5.41, 5.74) is 0.837. The Morgan fingerprint density at radius 2 is 1.74 bits per heavy atom. The van der Waals surface area contributed by atoms with Crippen molar-refractivity contribution >= 4 is 23.5 Å². The summed E-state index contributed by atoms with van der Waals surface area (Å²) in [5, 5.41) is 2.68. The van der Waals surface area contributed by atoms with Crippen LogP contribution in [0.4, 0.5) is 5.69 Å². The van der Waals surface area contributed by atoms with Crippen LogP contribution in [-0.2, 0) is 14.3 Å². The van der Waals surface area contributed by atoms with E-state index >= 15 is 0 Å². The summed E-state index contributed by atoms with van der Waals surface area (Å²) in [7, 11) is 2.99. The minimum Gasteiger partial charge on any atom is -0.497 e. The molecule has 0 atom stereocenters. The lowest BCUT2D eigenvalue weighted by Crippen LogP contribution is -2.37. The SMILES string of the molecule is COc1cccc(NC(=O)CN(C)C(=O)COC(=O)c2cccc(OCC(C)C)c2)c1. The Hall–Kier alpha value is -3.55. The molecule has 0 aliphatic rings. The largest absolute Gasteiger partial charge is 0.497 e. The highest BCUT2D eigenvalue weighted by atomic mass is 16.5. The number of nitrogens with zero attached hydrogens (tertiary/aromatic N) is 1. The smallest absolute Gasteiger partial charge is 0.338 e. The summed E-state index contributed by atoms with van der Waals surface area (Å²) < 4.78 is 15.8. The Balaban J connectivity index is 1.82. The number of esters is 1. The van der Waals surface area contributed by atoms with Crippen molar-refractivity contribution in [1.82, 2.24) is 4.90 Å². The normalized spacial score (nSPS) is 10.4. The molecule has 0 radical (unpaired) electrons. The van der Waals surface area contributed by atoms with Gasteiger partial charge in [0.05, 0.1) is 25.8 Å². The van der Waals surface area contributed by atoms with E-state index in [4.69, 9.17) is 14.2 Å². The van der Waals surface area contributed by atoms with Gasteiger partial charge in [0.1, 0.15) is 11.5 Å². The van der Waals surface area contributed by atoms with Crippen LogP contribution in [0.3, 0.4) is 0 Å². The Kier molecular flexibility index (Phi) is 8.87. The molecule has 1 N–H and O–H groups in total. The fraction of sp³-hybridized carbons (Fsp3) is 0.348. The van der Waals surface area contributed by atoms with Crippen molar-refractivity contribution in [3.8, 4) is 11.5 Å². The predicted octanol–water partition coefficient (Wildman–Crippen LogP) is 2.98. The summed E-state index contributed by atoms with van der Waals surface area (Å²) in [4.78, 5) is 37.8. The second-order valence-corrected chi connectivity index (χ2v) is 7.34. The van der Waals surface area contributed by atoms with E-state index in [2.05, 4.69) is 5.32 Å². The van der Waals surface area contributed by atoms with E-state index in [0.29, 0.717) is 29.7 Å². The van der Waals surface area contributed by atoms with Gasteiger partial charge in [-0.05, 0) is 36.2 Å². The molecule has 2 amide bonds. The van der Waals surface area contributed by atoms with Gasteiger partial charge in [-0.25, -0.2) is 4.79 Å². The van der Waals surface area contributed by atoms with Crippen molar-refractivity contribution < 1.29 is 28.6 Å². The van der Waals surface area contributed by atoms with Crippen LogP contribution in [0.2, 0.25) is 0 Å². The first kappa shape index (κ1) is 23.7. The average molecular weight is 428 g/mol. The fourth-order valence-electron chi connectivity index (χ4n) is 2.50. The van der Waals surface area contributed by atoms with Crippen LogP contribution in [0, 0.1) is 5.92 Å². The zero-order chi connectivity index (χ0) is 22.8. The number of methoxy groups -OCH3 is 1. The lowest BCUT2D eigenvalue weighted by molar-refractivity contribution is -0.136. The number of benzene rings is 2. The van der Waals surface area contributed by atoms with Crippen molar-refractivity contribution in [2.24, 2.45) is 5.92 Å². The Labute approximate surface area is 182 Å². The molecule has 0 aliphatic carbocycles. The molecule has 8 nitrogen and oxygen atoms in total. The number of hydrogen-bond acceptors (Lipinski definition) is 6. The van der Waals surface area contributed by atoms with Gasteiger partial charge in [0.25, 0.3) is 5.91 Å². The number of anilines is 1. The Morgan fingerprint density at radius 3 is 2.45 bits per heavy atom. The molecule has 166 valence electrons. The van der Waals surface area contributed by atoms with Gasteiger partial charge in [0.15, 0.2) is 6.61 Å². The second kappa shape index (κ2) is 11.6. The second-order valence-electron chi connectivity index (χ2n) is 7.34. The minimum absolute atomic E-state index is 0.188. The molecule has 0 heterocycles. The molecule has 0 aromatic heterocycles. The molecule has 31 heavy (non-hydrogen) atoms. The van der Waals surface area contributed by atoms with E-state index in [9.17, 15) is 14.4 Å². The van der Waals surface area contributed by atoms with Gasteiger partial charge in [-0.15, -0.1) is 0 Å². The summed E-state index contributed by atoms with van der Waals surface area (Å²) in [6.45, 7) is 3.92. The molecule has 0 fully saturated rings. The van der Waals surface area contributed by atoms with Gasteiger partial charge < -0.3 is 24.4 Å². The van der Waals surface area contributed by atoms with Crippen LogP contribution in [0.1, 0.15) is 24.2 Å². The quantitative estimate of drug-likeness (QED) is 0.585. The summed E-state index contributed by atoms with van der Waals surface area (Å²) in [6.07, 6.45) is 0. The fourth-order valence-corrected chi connectivity index (χ4v) is 2.50. The zero-order valence-corrected chi connectivity index (χ0v) is 18.2. The van der Waals surface area contributed by atoms with E-state index in [-0.39, 0.29) is 18.0 Å².